The topological polar surface area (TPSA) is 114 Å². The molecule has 0 unspecified atom stereocenters. The van der Waals surface area contributed by atoms with Gasteiger partial charge in [0.2, 0.25) is 12.3 Å². The average molecular weight is 468 g/mol. The summed E-state index contributed by atoms with van der Waals surface area (Å²) in [6.45, 7) is 7.69. The van der Waals surface area contributed by atoms with Gasteiger partial charge in [-0.2, -0.15) is 0 Å². The van der Waals surface area contributed by atoms with Gasteiger partial charge in [0.1, 0.15) is 5.75 Å². The Bertz CT molecular complexity index is 989. The van der Waals surface area contributed by atoms with Gasteiger partial charge in [-0.25, -0.2) is 0 Å². The number of likely N-dealkylation sites (tertiary alicyclic amines) is 1. The molecule has 5 N–H and O–H groups in total. The second-order valence-corrected chi connectivity index (χ2v) is 8.78. The van der Waals surface area contributed by atoms with Crippen LogP contribution >= 0.6 is 0 Å². The minimum atomic E-state index is -0.800. The van der Waals surface area contributed by atoms with Gasteiger partial charge in [0.05, 0.1) is 11.8 Å². The van der Waals surface area contributed by atoms with Crippen LogP contribution in [0.1, 0.15) is 47.6 Å². The first-order valence-corrected chi connectivity index (χ1v) is 11.7. The molecule has 2 aromatic rings. The molecule has 2 aromatic carbocycles. The van der Waals surface area contributed by atoms with Gasteiger partial charge < -0.3 is 31.1 Å². The molecule has 1 heterocycles. The molecule has 0 spiro atoms. The summed E-state index contributed by atoms with van der Waals surface area (Å²) in [5.74, 6) is -0.0252. The summed E-state index contributed by atoms with van der Waals surface area (Å²) in [6.07, 6.45) is 4.66. The molecule has 3 rings (SSSR count). The summed E-state index contributed by atoms with van der Waals surface area (Å²) >= 11 is 0. The van der Waals surface area contributed by atoms with Crippen LogP contribution in [-0.4, -0.2) is 53.6 Å². The molecule has 0 aromatic heterocycles. The molecule has 1 atom stereocenters. The molecule has 183 valence electrons. The number of carbonyl (C=O) groups is 2. The number of phenolic OH excluding ortho intramolecular Hbond substituents is 1. The number of amides is 2. The number of hydrogen-bond acceptors (Lipinski definition) is 6. The van der Waals surface area contributed by atoms with Gasteiger partial charge in [0, 0.05) is 31.7 Å². The van der Waals surface area contributed by atoms with Crippen LogP contribution in [0.3, 0.4) is 0 Å². The van der Waals surface area contributed by atoms with E-state index in [0.29, 0.717) is 31.5 Å². The van der Waals surface area contributed by atoms with E-state index in [1.807, 2.05) is 19.9 Å². The van der Waals surface area contributed by atoms with Gasteiger partial charge in [-0.15, -0.1) is 0 Å². The second kappa shape index (κ2) is 12.5. The molecule has 1 aliphatic rings. The van der Waals surface area contributed by atoms with Crippen LogP contribution < -0.4 is 16.0 Å². The lowest BCUT2D eigenvalue weighted by Crippen LogP contribution is -2.32. The largest absolute Gasteiger partial charge is 0.506 e. The monoisotopic (exact) mass is 467 g/mol. The molecule has 0 aliphatic carbocycles. The van der Waals surface area contributed by atoms with E-state index in [9.17, 15) is 19.8 Å². The fraction of sp³-hybridized carbons (Fsp3) is 0.423. The molecule has 0 saturated carbocycles. The summed E-state index contributed by atoms with van der Waals surface area (Å²) < 4.78 is 0. The number of aliphatic hydroxyl groups is 1. The quantitative estimate of drug-likeness (QED) is 0.256. The van der Waals surface area contributed by atoms with Crippen molar-refractivity contribution in [2.75, 3.05) is 36.8 Å². The average Bonchev–Trinajstić information content (AvgIpc) is 2.83. The van der Waals surface area contributed by atoms with E-state index in [2.05, 4.69) is 33.3 Å². The zero-order valence-corrected chi connectivity index (χ0v) is 19.9. The lowest BCUT2D eigenvalue weighted by atomic mass is 10.0. The van der Waals surface area contributed by atoms with Crippen molar-refractivity contribution in [2.45, 2.75) is 45.8 Å². The maximum atomic E-state index is 12.4. The van der Waals surface area contributed by atoms with E-state index in [0.717, 1.165) is 54.9 Å². The lowest BCUT2D eigenvalue weighted by Gasteiger charge is -2.25. The van der Waals surface area contributed by atoms with Gasteiger partial charge in [0.25, 0.3) is 0 Å². The highest BCUT2D eigenvalue weighted by Gasteiger charge is 2.14. The highest BCUT2D eigenvalue weighted by Crippen LogP contribution is 2.27. The van der Waals surface area contributed by atoms with Crippen molar-refractivity contribution in [3.63, 3.8) is 0 Å². The molecular formula is C26H35N4O4. The molecule has 0 bridgehead atoms. The van der Waals surface area contributed by atoms with Crippen molar-refractivity contribution in [3.05, 3.63) is 59.0 Å². The number of nitrogens with zero attached hydrogens (tertiary/aromatic N) is 1. The van der Waals surface area contributed by atoms with Crippen molar-refractivity contribution in [2.24, 2.45) is 0 Å². The Balaban J connectivity index is 1.51. The Kier molecular flexibility index (Phi) is 9.44. The lowest BCUT2D eigenvalue weighted by molar-refractivity contribution is -0.116. The van der Waals surface area contributed by atoms with E-state index >= 15 is 0 Å². The summed E-state index contributed by atoms with van der Waals surface area (Å²) in [5.41, 5.74) is 4.80. The molecule has 34 heavy (non-hydrogen) atoms. The first kappa shape index (κ1) is 25.7. The van der Waals surface area contributed by atoms with E-state index in [1.54, 1.807) is 12.1 Å². The zero-order valence-electron chi connectivity index (χ0n) is 19.9. The fourth-order valence-corrected chi connectivity index (χ4v) is 4.10. The van der Waals surface area contributed by atoms with Gasteiger partial charge in [-0.3, -0.25) is 9.59 Å². The van der Waals surface area contributed by atoms with Crippen LogP contribution in [0.2, 0.25) is 0 Å². The third kappa shape index (κ3) is 7.28. The third-order valence-electron chi connectivity index (χ3n) is 6.18. The van der Waals surface area contributed by atoms with Gasteiger partial charge in [-0.1, -0.05) is 12.1 Å². The maximum absolute atomic E-state index is 12.4. The van der Waals surface area contributed by atoms with Crippen LogP contribution in [0.5, 0.6) is 5.75 Å². The summed E-state index contributed by atoms with van der Waals surface area (Å²) in [4.78, 5) is 25.4. The van der Waals surface area contributed by atoms with Crippen LogP contribution in [-0.2, 0) is 16.1 Å². The molecule has 1 saturated heterocycles. The molecule has 2 amide bonds. The SMILES string of the molecule is Cc1cc(NC(=O)CCN2CC[CH]CC2)c(C)cc1CNC[C@H](O)c1ccc(O)c(NC=O)c1. The smallest absolute Gasteiger partial charge is 0.225 e. The molecule has 1 radical (unpaired) electrons. The first-order valence-electron chi connectivity index (χ1n) is 11.7. The molecule has 1 fully saturated rings. The summed E-state index contributed by atoms with van der Waals surface area (Å²) in [6, 6.07) is 8.66. The first-order chi connectivity index (χ1) is 16.4. The number of phenols is 1. The second-order valence-electron chi connectivity index (χ2n) is 8.78. The maximum Gasteiger partial charge on any atom is 0.225 e. The van der Waals surface area contributed by atoms with Crippen molar-refractivity contribution in [1.82, 2.24) is 10.2 Å². The van der Waals surface area contributed by atoms with E-state index in [1.165, 1.54) is 6.07 Å². The highest BCUT2D eigenvalue weighted by molar-refractivity contribution is 5.91. The number of benzene rings is 2. The third-order valence-corrected chi connectivity index (χ3v) is 6.18. The van der Waals surface area contributed by atoms with E-state index in [4.69, 9.17) is 0 Å². The van der Waals surface area contributed by atoms with Gasteiger partial charge in [0.15, 0.2) is 0 Å². The molecule has 1 aliphatic heterocycles. The van der Waals surface area contributed by atoms with Crippen LogP contribution in [0.4, 0.5) is 11.4 Å². The Morgan fingerprint density at radius 2 is 1.88 bits per heavy atom. The normalized spacial score (nSPS) is 15.0. The van der Waals surface area contributed by atoms with E-state index in [-0.39, 0.29) is 17.3 Å². The number of anilines is 2. The Morgan fingerprint density at radius 1 is 1.12 bits per heavy atom. The number of nitrogens with one attached hydrogen (secondary N) is 3. The molecule has 8 heteroatoms. The Hall–Kier alpha value is -2.94. The number of carbonyl (C=O) groups excluding carboxylic acids is 2. The predicted molar refractivity (Wildman–Crippen MR) is 134 cm³/mol. The number of hydrogen-bond donors (Lipinski definition) is 5. The number of piperidine rings is 1. The van der Waals surface area contributed by atoms with Crippen LogP contribution in [0.15, 0.2) is 30.3 Å². The van der Waals surface area contributed by atoms with Crippen molar-refractivity contribution >= 4 is 23.7 Å². The Labute approximate surface area is 201 Å². The summed E-state index contributed by atoms with van der Waals surface area (Å²) in [7, 11) is 0. The van der Waals surface area contributed by atoms with Crippen molar-refractivity contribution < 1.29 is 19.8 Å². The fourth-order valence-electron chi connectivity index (χ4n) is 4.10. The minimum absolute atomic E-state index is 0.0309. The summed E-state index contributed by atoms with van der Waals surface area (Å²) in [5, 5.41) is 28.9. The van der Waals surface area contributed by atoms with Gasteiger partial charge >= 0.3 is 0 Å². The Morgan fingerprint density at radius 3 is 2.62 bits per heavy atom. The van der Waals surface area contributed by atoms with Crippen molar-refractivity contribution in [3.8, 4) is 5.75 Å². The zero-order chi connectivity index (χ0) is 24.5. The highest BCUT2D eigenvalue weighted by atomic mass is 16.3. The van der Waals surface area contributed by atoms with Gasteiger partial charge in [-0.05, 0) is 86.7 Å². The molecular weight excluding hydrogens is 432 g/mol. The van der Waals surface area contributed by atoms with Crippen LogP contribution in [0.25, 0.3) is 0 Å². The van der Waals surface area contributed by atoms with Crippen LogP contribution in [0, 0.1) is 20.3 Å². The van der Waals surface area contributed by atoms with Crippen molar-refractivity contribution in [1.29, 1.82) is 0 Å². The minimum Gasteiger partial charge on any atom is -0.506 e. The van der Waals surface area contributed by atoms with E-state index < -0.39 is 6.10 Å². The standard InChI is InChI=1S/C26H35N4O4/c1-18-13-22(29-26(34)8-11-30-9-4-3-5-10-30)19(2)12-21(18)15-27-16-25(33)20-6-7-24(32)23(14-20)28-17-31/h3,6-7,12-14,17,25,27,32-33H,4-5,8-11,15-16H2,1-2H3,(H,28,31)(H,29,34)/t25-/m0/s1. The number of aliphatic hydroxyl groups excluding tert-OH is 1. The number of aryl methyl sites for hydroxylation is 2. The number of rotatable bonds is 11. The predicted octanol–water partition coefficient (Wildman–Crippen LogP) is 3.03. The molecule has 8 nitrogen and oxygen atoms in total. The number of aromatic hydroxyl groups is 1.